The molecule has 4 nitrogen and oxygen atoms in total. The van der Waals surface area contributed by atoms with Crippen LogP contribution in [0, 0.1) is 0 Å². The van der Waals surface area contributed by atoms with E-state index in [1.807, 2.05) is 0 Å². The van der Waals surface area contributed by atoms with Gasteiger partial charge in [0.05, 0.1) is 5.75 Å². The first-order valence-electron chi connectivity index (χ1n) is 3.48. The Morgan fingerprint density at radius 1 is 1.33 bits per heavy atom. The number of hydrogen-bond acceptors (Lipinski definition) is 2. The van der Waals surface area contributed by atoms with E-state index in [2.05, 4.69) is 4.98 Å². The van der Waals surface area contributed by atoms with Gasteiger partial charge < -0.3 is 0 Å². The van der Waals surface area contributed by atoms with Gasteiger partial charge in [-0.25, -0.2) is 4.98 Å². The van der Waals surface area contributed by atoms with Crippen molar-refractivity contribution in [3.05, 3.63) is 30.1 Å². The second-order valence-corrected chi connectivity index (χ2v) is 4.02. The zero-order chi connectivity index (χ0) is 9.03. The van der Waals surface area contributed by atoms with Crippen molar-refractivity contribution in [2.75, 3.05) is 5.75 Å². The molecule has 2 N–H and O–H groups in total. The Kier molecular flexibility index (Phi) is 2.78. The number of pyridine rings is 1. The molecule has 0 spiro atoms. The average molecular weight is 188 g/mol. The summed E-state index contributed by atoms with van der Waals surface area (Å²) < 4.78 is 29.1. The van der Waals surface area contributed by atoms with Crippen LogP contribution in [-0.4, -0.2) is 18.7 Å². The predicted octanol–water partition coefficient (Wildman–Crippen LogP) is -0.0690. The molecule has 1 aromatic heterocycles. The van der Waals surface area contributed by atoms with E-state index in [4.69, 9.17) is 4.55 Å². The molecule has 0 saturated heterocycles. The van der Waals surface area contributed by atoms with E-state index >= 15 is 0 Å². The minimum Gasteiger partial charge on any atom is -0.286 e. The molecular weight excluding hydrogens is 178 g/mol. The van der Waals surface area contributed by atoms with Gasteiger partial charge in [-0.1, -0.05) is 0 Å². The van der Waals surface area contributed by atoms with Gasteiger partial charge in [0.15, 0.2) is 12.4 Å². The summed E-state index contributed by atoms with van der Waals surface area (Å²) in [5, 5.41) is 0. The normalized spacial score (nSPS) is 11.4. The first-order chi connectivity index (χ1) is 5.58. The van der Waals surface area contributed by atoms with Crippen LogP contribution in [-0.2, 0) is 16.5 Å². The summed E-state index contributed by atoms with van der Waals surface area (Å²) in [6.07, 6.45) is 3.76. The van der Waals surface area contributed by atoms with Crippen LogP contribution < -0.4 is 4.98 Å². The number of aryl methyl sites for hydroxylation is 1. The predicted molar refractivity (Wildman–Crippen MR) is 43.1 cm³/mol. The smallest absolute Gasteiger partial charge is 0.265 e. The molecule has 0 bridgehead atoms. The first-order valence-corrected chi connectivity index (χ1v) is 5.09. The van der Waals surface area contributed by atoms with Gasteiger partial charge in [0, 0.05) is 12.1 Å². The molecule has 66 valence electrons. The maximum atomic E-state index is 10.4. The van der Waals surface area contributed by atoms with E-state index < -0.39 is 10.1 Å². The fourth-order valence-electron chi connectivity index (χ4n) is 0.835. The molecule has 1 rings (SSSR count). The maximum absolute atomic E-state index is 10.4. The van der Waals surface area contributed by atoms with Crippen molar-refractivity contribution in [1.29, 1.82) is 0 Å². The van der Waals surface area contributed by atoms with Crippen LogP contribution >= 0.6 is 0 Å². The zero-order valence-corrected chi connectivity index (χ0v) is 7.21. The molecule has 0 aliphatic carbocycles. The Hall–Kier alpha value is -0.940. The third-order valence-corrected chi connectivity index (χ3v) is 2.16. The summed E-state index contributed by atoms with van der Waals surface area (Å²) >= 11 is 0. The van der Waals surface area contributed by atoms with Crippen LogP contribution in [0.4, 0.5) is 0 Å². The lowest BCUT2D eigenvalue weighted by atomic mass is 10.2. The van der Waals surface area contributed by atoms with Crippen molar-refractivity contribution >= 4 is 10.1 Å². The Labute approximate surface area is 71.0 Å². The van der Waals surface area contributed by atoms with Gasteiger partial charge in [-0.2, -0.15) is 8.42 Å². The van der Waals surface area contributed by atoms with E-state index in [1.54, 1.807) is 24.5 Å². The van der Waals surface area contributed by atoms with Crippen molar-refractivity contribution < 1.29 is 18.0 Å². The average Bonchev–Trinajstić information content (AvgIpc) is 2.02. The maximum Gasteiger partial charge on any atom is 0.265 e. The molecule has 0 saturated carbocycles. The van der Waals surface area contributed by atoms with Crippen LogP contribution in [0.2, 0.25) is 0 Å². The summed E-state index contributed by atoms with van der Waals surface area (Å²) in [4.78, 5) is 2.82. The Bertz CT molecular complexity index is 333. The molecule has 1 aromatic rings. The quantitative estimate of drug-likeness (QED) is 0.675. The monoisotopic (exact) mass is 188 g/mol. The third-order valence-electron chi connectivity index (χ3n) is 1.44. The van der Waals surface area contributed by atoms with Gasteiger partial charge in [-0.3, -0.25) is 4.55 Å². The molecule has 0 aromatic carbocycles. The SMILES string of the molecule is O=S(=O)(O)CCc1cc[nH+]cc1. The number of H-pyrrole nitrogens is 1. The Morgan fingerprint density at radius 2 is 1.92 bits per heavy atom. The Balaban J connectivity index is 2.56. The molecule has 1 heterocycles. The van der Waals surface area contributed by atoms with E-state index in [1.165, 1.54) is 0 Å². The van der Waals surface area contributed by atoms with Gasteiger partial charge in [0.1, 0.15) is 0 Å². The van der Waals surface area contributed by atoms with Crippen molar-refractivity contribution in [3.63, 3.8) is 0 Å². The van der Waals surface area contributed by atoms with Crippen LogP contribution in [0.15, 0.2) is 24.5 Å². The first kappa shape index (κ1) is 9.15. The van der Waals surface area contributed by atoms with Crippen molar-refractivity contribution in [3.8, 4) is 0 Å². The molecule has 0 amide bonds. The summed E-state index contributed by atoms with van der Waals surface area (Å²) in [6.45, 7) is 0. The summed E-state index contributed by atoms with van der Waals surface area (Å²) in [5.74, 6) is -0.225. The molecule has 0 unspecified atom stereocenters. The van der Waals surface area contributed by atoms with E-state index in [0.29, 0.717) is 6.42 Å². The van der Waals surface area contributed by atoms with Gasteiger partial charge >= 0.3 is 0 Å². The third kappa shape index (κ3) is 3.45. The summed E-state index contributed by atoms with van der Waals surface area (Å²) in [6, 6.07) is 3.54. The van der Waals surface area contributed by atoms with E-state index in [0.717, 1.165) is 5.56 Å². The van der Waals surface area contributed by atoms with Gasteiger partial charge in [-0.15, -0.1) is 0 Å². The number of rotatable bonds is 3. The lowest BCUT2D eigenvalue weighted by molar-refractivity contribution is -0.378. The molecule has 0 aliphatic heterocycles. The van der Waals surface area contributed by atoms with Crippen LogP contribution in [0.25, 0.3) is 0 Å². The Morgan fingerprint density at radius 3 is 2.42 bits per heavy atom. The zero-order valence-electron chi connectivity index (χ0n) is 6.40. The highest BCUT2D eigenvalue weighted by atomic mass is 32.2. The van der Waals surface area contributed by atoms with E-state index in [9.17, 15) is 8.42 Å². The number of hydrogen-bond donors (Lipinski definition) is 1. The standard InChI is InChI=1S/C7H9NO3S/c9-12(10,11)6-3-7-1-4-8-5-2-7/h1-2,4-5H,3,6H2,(H,9,10,11)/p+1. The molecule has 12 heavy (non-hydrogen) atoms. The highest BCUT2D eigenvalue weighted by molar-refractivity contribution is 7.85. The number of aromatic nitrogens is 1. The van der Waals surface area contributed by atoms with Crippen LogP contribution in [0.3, 0.4) is 0 Å². The topological polar surface area (TPSA) is 68.5 Å². The van der Waals surface area contributed by atoms with Gasteiger partial charge in [0.25, 0.3) is 10.1 Å². The largest absolute Gasteiger partial charge is 0.286 e. The molecule has 5 heteroatoms. The summed E-state index contributed by atoms with van der Waals surface area (Å²) in [7, 11) is -3.83. The molecule has 0 radical (unpaired) electrons. The van der Waals surface area contributed by atoms with Crippen molar-refractivity contribution in [2.45, 2.75) is 6.42 Å². The van der Waals surface area contributed by atoms with Crippen molar-refractivity contribution in [2.24, 2.45) is 0 Å². The number of nitrogens with one attached hydrogen (secondary N) is 1. The fraction of sp³-hybridized carbons (Fsp3) is 0.286. The van der Waals surface area contributed by atoms with Crippen molar-refractivity contribution in [1.82, 2.24) is 0 Å². The highest BCUT2D eigenvalue weighted by Crippen LogP contribution is 1.97. The van der Waals surface area contributed by atoms with Crippen LogP contribution in [0.1, 0.15) is 5.56 Å². The highest BCUT2D eigenvalue weighted by Gasteiger charge is 2.04. The fourth-order valence-corrected chi connectivity index (χ4v) is 1.33. The molecule has 0 aliphatic rings. The lowest BCUT2D eigenvalue weighted by Gasteiger charge is -1.95. The lowest BCUT2D eigenvalue weighted by Crippen LogP contribution is -2.07. The molecule has 0 fully saturated rings. The second kappa shape index (κ2) is 3.64. The van der Waals surface area contributed by atoms with Crippen LogP contribution in [0.5, 0.6) is 0 Å². The minimum atomic E-state index is -3.83. The number of aromatic amines is 1. The summed E-state index contributed by atoms with van der Waals surface area (Å²) in [5.41, 5.74) is 0.881. The molecular formula is C7H10NO3S+. The second-order valence-electron chi connectivity index (χ2n) is 2.44. The van der Waals surface area contributed by atoms with Gasteiger partial charge in [0.2, 0.25) is 0 Å². The van der Waals surface area contributed by atoms with E-state index in [-0.39, 0.29) is 5.75 Å². The minimum absolute atomic E-state index is 0.225. The molecule has 0 atom stereocenters. The van der Waals surface area contributed by atoms with Gasteiger partial charge in [-0.05, 0) is 12.0 Å².